The Labute approximate surface area is 155 Å². The molecule has 2 rings (SSSR count). The largest absolute Gasteiger partial charge is 0.416 e. The number of benzene rings is 1. The first-order valence-corrected chi connectivity index (χ1v) is 8.61. The molecule has 0 aliphatic carbocycles. The number of hydrogen-bond donors (Lipinski definition) is 1. The van der Waals surface area contributed by atoms with Crippen molar-refractivity contribution in [3.8, 4) is 0 Å². The van der Waals surface area contributed by atoms with E-state index in [0.717, 1.165) is 24.3 Å². The van der Waals surface area contributed by atoms with E-state index in [2.05, 4.69) is 5.32 Å². The van der Waals surface area contributed by atoms with Crippen LogP contribution in [0.3, 0.4) is 0 Å². The van der Waals surface area contributed by atoms with Gasteiger partial charge in [0.1, 0.15) is 0 Å². The topological polar surface area (TPSA) is 69.7 Å². The number of hydrogen-bond acceptors (Lipinski definition) is 3. The van der Waals surface area contributed by atoms with E-state index in [1.54, 1.807) is 9.80 Å². The Morgan fingerprint density at radius 3 is 2.00 bits per heavy atom. The maximum Gasteiger partial charge on any atom is 0.416 e. The average Bonchev–Trinajstić information content (AvgIpc) is 2.64. The minimum atomic E-state index is -4.47. The van der Waals surface area contributed by atoms with Crippen LogP contribution in [0, 0.1) is 5.92 Å². The lowest BCUT2D eigenvalue weighted by Crippen LogP contribution is -2.53. The molecule has 0 unspecified atom stereocenters. The minimum absolute atomic E-state index is 0.0395. The Morgan fingerprint density at radius 2 is 1.52 bits per heavy atom. The number of nitrogens with one attached hydrogen (secondary N) is 1. The first-order chi connectivity index (χ1) is 12.6. The number of carbonyl (C=O) groups excluding carboxylic acids is 3. The molecule has 1 N–H and O–H groups in total. The summed E-state index contributed by atoms with van der Waals surface area (Å²) in [5.41, 5.74) is -0.799. The quantitative estimate of drug-likeness (QED) is 0.859. The van der Waals surface area contributed by atoms with E-state index in [4.69, 9.17) is 0 Å². The molecule has 1 heterocycles. The molecule has 1 fully saturated rings. The molecule has 6 nitrogen and oxygen atoms in total. The molecular formula is C18H22F3N3O3. The van der Waals surface area contributed by atoms with Crippen LogP contribution in [0.25, 0.3) is 0 Å². The number of alkyl halides is 3. The zero-order valence-corrected chi connectivity index (χ0v) is 15.2. The van der Waals surface area contributed by atoms with E-state index in [0.29, 0.717) is 26.2 Å². The number of carbonyl (C=O) groups is 3. The molecule has 0 bridgehead atoms. The fourth-order valence-electron chi connectivity index (χ4n) is 2.72. The summed E-state index contributed by atoms with van der Waals surface area (Å²) in [5.74, 6) is -0.981. The monoisotopic (exact) mass is 385 g/mol. The first kappa shape index (κ1) is 20.7. The molecule has 0 spiro atoms. The van der Waals surface area contributed by atoms with Gasteiger partial charge >= 0.3 is 6.18 Å². The third-order valence-corrected chi connectivity index (χ3v) is 4.31. The Hall–Kier alpha value is -2.58. The van der Waals surface area contributed by atoms with Crippen molar-refractivity contribution in [2.75, 3.05) is 32.7 Å². The molecule has 1 aromatic carbocycles. The predicted octanol–water partition coefficient (Wildman–Crippen LogP) is 1.76. The number of nitrogens with zero attached hydrogens (tertiary/aromatic N) is 2. The molecule has 1 aromatic rings. The van der Waals surface area contributed by atoms with E-state index in [-0.39, 0.29) is 29.8 Å². The summed E-state index contributed by atoms with van der Waals surface area (Å²) in [6, 6.07) is 3.78. The normalized spacial score (nSPS) is 15.0. The van der Waals surface area contributed by atoms with Crippen LogP contribution in [0.4, 0.5) is 13.2 Å². The number of piperazine rings is 1. The zero-order chi connectivity index (χ0) is 20.2. The molecule has 0 saturated carbocycles. The smallest absolute Gasteiger partial charge is 0.343 e. The van der Waals surface area contributed by atoms with Crippen LogP contribution >= 0.6 is 0 Å². The van der Waals surface area contributed by atoms with Gasteiger partial charge in [-0.25, -0.2) is 0 Å². The first-order valence-electron chi connectivity index (χ1n) is 8.61. The molecular weight excluding hydrogens is 363 g/mol. The highest BCUT2D eigenvalue weighted by Gasteiger charge is 2.30. The minimum Gasteiger partial charge on any atom is -0.343 e. The second kappa shape index (κ2) is 8.41. The van der Waals surface area contributed by atoms with Crippen molar-refractivity contribution in [2.24, 2.45) is 5.92 Å². The van der Waals surface area contributed by atoms with Crippen molar-refractivity contribution in [1.82, 2.24) is 15.1 Å². The van der Waals surface area contributed by atoms with Gasteiger partial charge in [-0.15, -0.1) is 0 Å². The van der Waals surface area contributed by atoms with Crippen LogP contribution < -0.4 is 5.32 Å². The third-order valence-electron chi connectivity index (χ3n) is 4.31. The molecule has 1 saturated heterocycles. The molecule has 1 aliphatic heterocycles. The van der Waals surface area contributed by atoms with E-state index in [9.17, 15) is 27.6 Å². The number of halogens is 3. The van der Waals surface area contributed by atoms with Gasteiger partial charge in [-0.3, -0.25) is 14.4 Å². The van der Waals surface area contributed by atoms with Gasteiger partial charge in [0.05, 0.1) is 12.1 Å². The summed E-state index contributed by atoms with van der Waals surface area (Å²) in [4.78, 5) is 39.4. The van der Waals surface area contributed by atoms with Crippen molar-refractivity contribution in [1.29, 1.82) is 0 Å². The lowest BCUT2D eigenvalue weighted by Gasteiger charge is -2.35. The number of rotatable bonds is 4. The van der Waals surface area contributed by atoms with E-state index < -0.39 is 17.6 Å². The highest BCUT2D eigenvalue weighted by molar-refractivity contribution is 5.96. The molecule has 3 amide bonds. The highest BCUT2D eigenvalue weighted by atomic mass is 19.4. The molecule has 9 heteroatoms. The Bertz CT molecular complexity index is 694. The van der Waals surface area contributed by atoms with Gasteiger partial charge in [0, 0.05) is 37.7 Å². The number of amides is 3. The van der Waals surface area contributed by atoms with Crippen LogP contribution in [-0.4, -0.2) is 60.2 Å². The van der Waals surface area contributed by atoms with Gasteiger partial charge in [-0.2, -0.15) is 13.2 Å². The van der Waals surface area contributed by atoms with Crippen LogP contribution in [0.1, 0.15) is 29.8 Å². The van der Waals surface area contributed by atoms with Crippen molar-refractivity contribution < 1.29 is 27.6 Å². The summed E-state index contributed by atoms with van der Waals surface area (Å²) in [5, 5.41) is 2.41. The summed E-state index contributed by atoms with van der Waals surface area (Å²) in [6.45, 7) is 5.03. The summed E-state index contributed by atoms with van der Waals surface area (Å²) >= 11 is 0. The van der Waals surface area contributed by atoms with Crippen LogP contribution in [-0.2, 0) is 15.8 Å². The zero-order valence-electron chi connectivity index (χ0n) is 15.2. The fraction of sp³-hybridized carbons (Fsp3) is 0.500. The predicted molar refractivity (Wildman–Crippen MR) is 91.8 cm³/mol. The second-order valence-electron chi connectivity index (χ2n) is 6.62. The summed E-state index contributed by atoms with van der Waals surface area (Å²) in [6.07, 6.45) is -4.47. The van der Waals surface area contributed by atoms with Crippen molar-refractivity contribution in [3.63, 3.8) is 0 Å². The average molecular weight is 385 g/mol. The van der Waals surface area contributed by atoms with Crippen molar-refractivity contribution in [3.05, 3.63) is 35.4 Å². The molecule has 148 valence electrons. The lowest BCUT2D eigenvalue weighted by molar-refractivity contribution is -0.141. The highest BCUT2D eigenvalue weighted by Crippen LogP contribution is 2.29. The van der Waals surface area contributed by atoms with Gasteiger partial charge < -0.3 is 15.1 Å². The second-order valence-corrected chi connectivity index (χ2v) is 6.62. The maximum absolute atomic E-state index is 12.5. The van der Waals surface area contributed by atoms with Crippen molar-refractivity contribution in [2.45, 2.75) is 20.0 Å². The maximum atomic E-state index is 12.5. The molecule has 0 radical (unpaired) electrons. The van der Waals surface area contributed by atoms with Crippen LogP contribution in [0.5, 0.6) is 0 Å². The standard InChI is InChI=1S/C18H22F3N3O3/c1-12(2)17(27)24-9-7-23(8-10-24)15(25)11-22-16(26)13-3-5-14(6-4-13)18(19,20)21/h3-6,12H,7-11H2,1-2H3,(H,22,26). The molecule has 27 heavy (non-hydrogen) atoms. The lowest BCUT2D eigenvalue weighted by atomic mass is 10.1. The van der Waals surface area contributed by atoms with E-state index >= 15 is 0 Å². The van der Waals surface area contributed by atoms with Gasteiger partial charge in [0.15, 0.2) is 0 Å². The molecule has 0 atom stereocenters. The molecule has 0 aromatic heterocycles. The van der Waals surface area contributed by atoms with Gasteiger partial charge in [-0.05, 0) is 24.3 Å². The third kappa shape index (κ3) is 5.45. The van der Waals surface area contributed by atoms with Gasteiger partial charge in [0.25, 0.3) is 5.91 Å². The van der Waals surface area contributed by atoms with Crippen LogP contribution in [0.2, 0.25) is 0 Å². The van der Waals surface area contributed by atoms with Crippen molar-refractivity contribution >= 4 is 17.7 Å². The summed E-state index contributed by atoms with van der Waals surface area (Å²) < 4.78 is 37.6. The summed E-state index contributed by atoms with van der Waals surface area (Å²) in [7, 11) is 0. The Morgan fingerprint density at radius 1 is 1.00 bits per heavy atom. The molecule has 1 aliphatic rings. The van der Waals surface area contributed by atoms with Gasteiger partial charge in [0.2, 0.25) is 11.8 Å². The van der Waals surface area contributed by atoms with E-state index in [1.807, 2.05) is 13.8 Å². The Kier molecular flexibility index (Phi) is 6.45. The van der Waals surface area contributed by atoms with Crippen LogP contribution in [0.15, 0.2) is 24.3 Å². The Balaban J connectivity index is 1.82. The fourth-order valence-corrected chi connectivity index (χ4v) is 2.72. The van der Waals surface area contributed by atoms with E-state index in [1.165, 1.54) is 0 Å². The SMILES string of the molecule is CC(C)C(=O)N1CCN(C(=O)CNC(=O)c2ccc(C(F)(F)F)cc2)CC1. The van der Waals surface area contributed by atoms with Gasteiger partial charge in [-0.1, -0.05) is 13.8 Å².